The molecule has 0 aliphatic carbocycles. The van der Waals surface area contributed by atoms with Crippen LogP contribution in [-0.4, -0.2) is 14.1 Å². The Morgan fingerprint density at radius 2 is 0.677 bits per heavy atom. The van der Waals surface area contributed by atoms with Gasteiger partial charge in [0.2, 0.25) is 0 Å². The lowest BCUT2D eigenvalue weighted by Gasteiger charge is -2.27. The second kappa shape index (κ2) is 13.6. The predicted molar refractivity (Wildman–Crippen MR) is 256 cm³/mol. The molecule has 5 heterocycles. The lowest BCUT2D eigenvalue weighted by molar-refractivity contribution is 1.03. The minimum Gasteiger partial charge on any atom is -0.309 e. The summed E-state index contributed by atoms with van der Waals surface area (Å²) in [6.07, 6.45) is 2.06. The Kier molecular flexibility index (Phi) is 7.54. The summed E-state index contributed by atoms with van der Waals surface area (Å²) in [6.45, 7) is 0. The molecule has 0 atom stereocenters. The zero-order valence-electron chi connectivity index (χ0n) is 33.6. The van der Waals surface area contributed by atoms with Crippen LogP contribution in [0.15, 0.2) is 225 Å². The molecule has 13 rings (SSSR count). The quantitative estimate of drug-likeness (QED) is 0.178. The average molecular weight is 792 g/mol. The third-order valence-electron chi connectivity index (χ3n) is 12.6. The van der Waals surface area contributed by atoms with Crippen molar-refractivity contribution in [2.24, 2.45) is 0 Å². The van der Waals surface area contributed by atoms with Crippen LogP contribution in [0.2, 0.25) is 0 Å². The van der Waals surface area contributed by atoms with Gasteiger partial charge in [0.1, 0.15) is 5.82 Å². The van der Waals surface area contributed by atoms with Gasteiger partial charge in [-0.05, 0) is 72.8 Å². The zero-order valence-corrected chi connectivity index (χ0v) is 33.6. The summed E-state index contributed by atoms with van der Waals surface area (Å²) in [5.74, 6) is 0.857. The van der Waals surface area contributed by atoms with Gasteiger partial charge in [-0.25, -0.2) is 4.98 Å². The molecular formula is C57H37N5. The van der Waals surface area contributed by atoms with Gasteiger partial charge in [0.15, 0.2) is 0 Å². The summed E-state index contributed by atoms with van der Waals surface area (Å²) in [7, 11) is 0. The van der Waals surface area contributed by atoms with E-state index >= 15 is 0 Å². The number of rotatable bonds is 4. The van der Waals surface area contributed by atoms with E-state index in [4.69, 9.17) is 4.98 Å². The molecule has 2 aliphatic heterocycles. The van der Waals surface area contributed by atoms with Gasteiger partial charge in [0, 0.05) is 55.5 Å². The van der Waals surface area contributed by atoms with Crippen LogP contribution in [0.3, 0.4) is 0 Å². The van der Waals surface area contributed by atoms with Crippen LogP contribution >= 0.6 is 0 Å². The van der Waals surface area contributed by atoms with Crippen LogP contribution < -0.4 is 9.80 Å². The van der Waals surface area contributed by atoms with Crippen LogP contribution in [0.5, 0.6) is 0 Å². The van der Waals surface area contributed by atoms with Crippen molar-refractivity contribution in [1.82, 2.24) is 14.1 Å². The molecule has 290 valence electrons. The van der Waals surface area contributed by atoms with Crippen molar-refractivity contribution >= 4 is 55.9 Å². The molecule has 0 saturated heterocycles. The van der Waals surface area contributed by atoms with Gasteiger partial charge in [-0.1, -0.05) is 146 Å². The highest BCUT2D eigenvalue weighted by Gasteiger charge is 2.33. The molecule has 0 spiro atoms. The molecule has 5 nitrogen and oxygen atoms in total. The Morgan fingerprint density at radius 3 is 1.16 bits per heavy atom. The first-order chi connectivity index (χ1) is 30.8. The fraction of sp³-hybridized carbons (Fsp3) is 0. The fourth-order valence-electron chi connectivity index (χ4n) is 10.2. The number of anilines is 6. The van der Waals surface area contributed by atoms with Crippen molar-refractivity contribution in [3.05, 3.63) is 225 Å². The molecule has 8 aromatic carbocycles. The Hall–Kier alpha value is -8.41. The smallest absolute Gasteiger partial charge is 0.137 e. The van der Waals surface area contributed by atoms with E-state index in [0.717, 1.165) is 79.2 Å². The van der Waals surface area contributed by atoms with Gasteiger partial charge in [0.05, 0.1) is 57.1 Å². The van der Waals surface area contributed by atoms with Crippen molar-refractivity contribution < 1.29 is 0 Å². The predicted octanol–water partition coefficient (Wildman–Crippen LogP) is 15.2. The molecular weight excluding hydrogens is 755 g/mol. The maximum atomic E-state index is 5.43. The molecule has 2 aliphatic rings. The summed E-state index contributed by atoms with van der Waals surface area (Å²) >= 11 is 0. The van der Waals surface area contributed by atoms with Crippen LogP contribution in [0.4, 0.5) is 34.1 Å². The number of para-hydroxylation sites is 8. The summed E-state index contributed by atoms with van der Waals surface area (Å²) in [5, 5.41) is 2.38. The second-order valence-corrected chi connectivity index (χ2v) is 15.9. The molecule has 62 heavy (non-hydrogen) atoms. The van der Waals surface area contributed by atoms with E-state index in [0.29, 0.717) is 0 Å². The highest BCUT2D eigenvalue weighted by atomic mass is 15.2. The fourth-order valence-corrected chi connectivity index (χ4v) is 10.2. The number of nitrogens with zero attached hydrogens (tertiary/aromatic N) is 5. The van der Waals surface area contributed by atoms with Gasteiger partial charge in [-0.2, -0.15) is 0 Å². The van der Waals surface area contributed by atoms with Crippen LogP contribution in [0.25, 0.3) is 78.1 Å². The maximum absolute atomic E-state index is 5.43. The first-order valence-electron chi connectivity index (χ1n) is 21.1. The Labute approximate surface area is 359 Å². The topological polar surface area (TPSA) is 29.2 Å². The monoisotopic (exact) mass is 791 g/mol. The lowest BCUT2D eigenvalue weighted by Crippen LogP contribution is -2.11. The largest absolute Gasteiger partial charge is 0.309 e. The summed E-state index contributed by atoms with van der Waals surface area (Å²) in [4.78, 5) is 10.2. The number of fused-ring (bicyclic) bond motifs is 14. The molecule has 11 aromatic rings. The molecule has 0 radical (unpaired) electrons. The number of aromatic nitrogens is 3. The molecule has 0 amide bonds. The number of pyridine rings is 1. The summed E-state index contributed by atoms with van der Waals surface area (Å²) in [5.41, 5.74) is 19.4. The normalized spacial score (nSPS) is 12.5. The van der Waals surface area contributed by atoms with Crippen LogP contribution in [-0.2, 0) is 0 Å². The molecule has 0 fully saturated rings. The molecule has 3 aromatic heterocycles. The lowest BCUT2D eigenvalue weighted by atomic mass is 9.98. The Balaban J connectivity index is 1.06. The van der Waals surface area contributed by atoms with Crippen molar-refractivity contribution in [3.8, 4) is 56.3 Å². The highest BCUT2D eigenvalue weighted by Crippen LogP contribution is 2.56. The molecule has 0 bridgehead atoms. The molecule has 5 heteroatoms. The Bertz CT molecular complexity index is 3290. The van der Waals surface area contributed by atoms with Crippen molar-refractivity contribution in [2.45, 2.75) is 0 Å². The minimum absolute atomic E-state index is 0.857. The van der Waals surface area contributed by atoms with E-state index in [1.807, 2.05) is 0 Å². The van der Waals surface area contributed by atoms with Crippen LogP contribution in [0, 0.1) is 0 Å². The summed E-state index contributed by atoms with van der Waals surface area (Å²) in [6, 6.07) is 78.6. The summed E-state index contributed by atoms with van der Waals surface area (Å²) < 4.78 is 4.79. The van der Waals surface area contributed by atoms with Gasteiger partial charge in [-0.15, -0.1) is 0 Å². The SMILES string of the molecule is c1ccc(N2c3ccccc3-c3c(n(-c4ccc(-n5c6c(c7ccccc75)-c5ccccc5N(c5ccccc5)c5ccccc5-6)nc4)c4ccccc34)-c3ccccc32)cc1. The van der Waals surface area contributed by atoms with E-state index in [-0.39, 0.29) is 0 Å². The van der Waals surface area contributed by atoms with E-state index in [9.17, 15) is 0 Å². The van der Waals surface area contributed by atoms with Gasteiger partial charge in [-0.3, -0.25) is 4.57 Å². The van der Waals surface area contributed by atoms with Crippen LogP contribution in [0.1, 0.15) is 0 Å². The van der Waals surface area contributed by atoms with E-state index in [1.54, 1.807) is 0 Å². The molecule has 0 N–H and O–H groups in total. The standard InChI is InChI=1S/C57H37N5/c1-3-19-38(20-4-1)59-47-29-13-7-23-41(47)54-43-25-9-15-31-49(43)61(56(54)45-27-11-17-33-51(45)59)40-35-36-53(58-37-40)62-50-32-16-10-26-44(50)55-42-24-8-14-30-48(42)60(39-21-5-2-6-22-39)52-34-18-12-28-46(52)57(55)62/h1-37H. The van der Waals surface area contributed by atoms with E-state index < -0.39 is 0 Å². The number of hydrogen-bond donors (Lipinski definition) is 0. The maximum Gasteiger partial charge on any atom is 0.137 e. The van der Waals surface area contributed by atoms with E-state index in [1.165, 1.54) is 33.0 Å². The number of benzene rings is 8. The average Bonchev–Trinajstić information content (AvgIpc) is 3.78. The number of hydrogen-bond acceptors (Lipinski definition) is 3. The highest BCUT2D eigenvalue weighted by molar-refractivity contribution is 6.14. The zero-order chi connectivity index (χ0) is 40.7. The minimum atomic E-state index is 0.857. The van der Waals surface area contributed by atoms with Crippen molar-refractivity contribution in [1.29, 1.82) is 0 Å². The Morgan fingerprint density at radius 1 is 0.290 bits per heavy atom. The van der Waals surface area contributed by atoms with Gasteiger partial charge in [0.25, 0.3) is 0 Å². The van der Waals surface area contributed by atoms with Crippen molar-refractivity contribution in [2.75, 3.05) is 9.80 Å². The second-order valence-electron chi connectivity index (χ2n) is 15.9. The third-order valence-corrected chi connectivity index (χ3v) is 12.6. The first-order valence-corrected chi connectivity index (χ1v) is 21.1. The first kappa shape index (κ1) is 34.5. The van der Waals surface area contributed by atoms with Crippen molar-refractivity contribution in [3.63, 3.8) is 0 Å². The van der Waals surface area contributed by atoms with Gasteiger partial charge < -0.3 is 14.4 Å². The van der Waals surface area contributed by atoms with Gasteiger partial charge >= 0.3 is 0 Å². The molecule has 0 saturated carbocycles. The molecule has 0 unspecified atom stereocenters. The van der Waals surface area contributed by atoms with E-state index in [2.05, 4.69) is 244 Å². The third kappa shape index (κ3) is 4.93.